The molecule has 3 aromatic rings. The highest BCUT2D eigenvalue weighted by atomic mass is 16.2. The lowest BCUT2D eigenvalue weighted by molar-refractivity contribution is 0.0786. The third-order valence-electron chi connectivity index (χ3n) is 3.97. The van der Waals surface area contributed by atoms with Crippen LogP contribution in [-0.4, -0.2) is 39.6 Å². The summed E-state index contributed by atoms with van der Waals surface area (Å²) in [5.41, 5.74) is 2.07. The fraction of sp³-hybridized carbons (Fsp3) is 0.263. The second-order valence-electron chi connectivity index (χ2n) is 5.89. The molecule has 0 aliphatic rings. The van der Waals surface area contributed by atoms with Gasteiger partial charge in [-0.3, -0.25) is 9.78 Å². The van der Waals surface area contributed by atoms with Crippen molar-refractivity contribution in [3.63, 3.8) is 0 Å². The molecule has 25 heavy (non-hydrogen) atoms. The normalized spacial score (nSPS) is 10.6. The number of para-hydroxylation sites is 1. The summed E-state index contributed by atoms with van der Waals surface area (Å²) in [6.45, 7) is 2.82. The van der Waals surface area contributed by atoms with Gasteiger partial charge in [-0.25, -0.2) is 0 Å². The Balaban J connectivity index is 1.75. The van der Waals surface area contributed by atoms with Crippen LogP contribution < -0.4 is 5.32 Å². The molecule has 0 radical (unpaired) electrons. The number of rotatable bonds is 6. The maximum Gasteiger partial charge on any atom is 0.274 e. The first-order valence-electron chi connectivity index (χ1n) is 8.39. The number of anilines is 2. The quantitative estimate of drug-likeness (QED) is 0.744. The second-order valence-corrected chi connectivity index (χ2v) is 5.89. The van der Waals surface area contributed by atoms with Crippen LogP contribution >= 0.6 is 0 Å². The van der Waals surface area contributed by atoms with Crippen LogP contribution in [0, 0.1) is 0 Å². The maximum atomic E-state index is 12.3. The van der Waals surface area contributed by atoms with Gasteiger partial charge in [-0.2, -0.15) is 0 Å². The lowest BCUT2D eigenvalue weighted by Gasteiger charge is -2.15. The van der Waals surface area contributed by atoms with Crippen LogP contribution in [0.25, 0.3) is 10.9 Å². The average Bonchev–Trinajstić information content (AvgIpc) is 2.66. The highest BCUT2D eigenvalue weighted by Gasteiger charge is 2.13. The standard InChI is InChI=1S/C19H21N5O/c1-3-4-13-24(2)19(25)16-10-11-17(23-22-16)21-15-9-5-7-14-8-6-12-20-18(14)15/h5-12H,3-4,13H2,1-2H3,(H,21,23). The van der Waals surface area contributed by atoms with Crippen LogP contribution in [0.2, 0.25) is 0 Å². The largest absolute Gasteiger partial charge is 0.340 e. The Bertz CT molecular complexity index is 858. The summed E-state index contributed by atoms with van der Waals surface area (Å²) in [5.74, 6) is 0.463. The number of carbonyl (C=O) groups is 1. The Morgan fingerprint density at radius 2 is 1.96 bits per heavy atom. The first-order chi connectivity index (χ1) is 12.2. The van der Waals surface area contributed by atoms with E-state index in [2.05, 4.69) is 27.4 Å². The maximum absolute atomic E-state index is 12.3. The number of benzene rings is 1. The highest BCUT2D eigenvalue weighted by molar-refractivity contribution is 5.93. The molecule has 6 nitrogen and oxygen atoms in total. The molecule has 0 unspecified atom stereocenters. The Labute approximate surface area is 146 Å². The van der Waals surface area contributed by atoms with Crippen LogP contribution in [0.5, 0.6) is 0 Å². The smallest absolute Gasteiger partial charge is 0.274 e. The number of nitrogens with one attached hydrogen (secondary N) is 1. The van der Waals surface area contributed by atoms with E-state index in [-0.39, 0.29) is 5.91 Å². The van der Waals surface area contributed by atoms with E-state index in [1.165, 1.54) is 0 Å². The number of amides is 1. The fourth-order valence-electron chi connectivity index (χ4n) is 2.55. The molecule has 6 heteroatoms. The number of pyridine rings is 1. The summed E-state index contributed by atoms with van der Waals surface area (Å²) in [4.78, 5) is 18.4. The van der Waals surface area contributed by atoms with Crippen molar-refractivity contribution in [2.45, 2.75) is 19.8 Å². The molecule has 1 N–H and O–H groups in total. The van der Waals surface area contributed by atoms with Gasteiger partial charge in [0.2, 0.25) is 0 Å². The van der Waals surface area contributed by atoms with Gasteiger partial charge in [-0.1, -0.05) is 31.5 Å². The number of hydrogen-bond donors (Lipinski definition) is 1. The van der Waals surface area contributed by atoms with Crippen LogP contribution in [0.15, 0.2) is 48.7 Å². The van der Waals surface area contributed by atoms with E-state index in [9.17, 15) is 4.79 Å². The molecule has 0 saturated heterocycles. The van der Waals surface area contributed by atoms with Gasteiger partial charge in [0.1, 0.15) is 0 Å². The Hall–Kier alpha value is -3.02. The Morgan fingerprint density at radius 1 is 1.12 bits per heavy atom. The van der Waals surface area contributed by atoms with E-state index < -0.39 is 0 Å². The van der Waals surface area contributed by atoms with Crippen LogP contribution in [0.1, 0.15) is 30.3 Å². The van der Waals surface area contributed by atoms with E-state index in [1.54, 1.807) is 30.3 Å². The van der Waals surface area contributed by atoms with Crippen molar-refractivity contribution in [2.75, 3.05) is 18.9 Å². The van der Waals surface area contributed by atoms with E-state index in [0.29, 0.717) is 11.5 Å². The van der Waals surface area contributed by atoms with Gasteiger partial charge < -0.3 is 10.2 Å². The molecule has 1 aromatic carbocycles. The molecule has 0 aliphatic heterocycles. The van der Waals surface area contributed by atoms with E-state index in [4.69, 9.17) is 0 Å². The van der Waals surface area contributed by atoms with Crippen molar-refractivity contribution in [1.82, 2.24) is 20.1 Å². The summed E-state index contributed by atoms with van der Waals surface area (Å²) < 4.78 is 0. The topological polar surface area (TPSA) is 71.0 Å². The van der Waals surface area contributed by atoms with Gasteiger partial charge in [0, 0.05) is 25.2 Å². The molecule has 0 fully saturated rings. The van der Waals surface area contributed by atoms with Crippen LogP contribution in [-0.2, 0) is 0 Å². The summed E-state index contributed by atoms with van der Waals surface area (Å²) in [7, 11) is 1.79. The zero-order valence-corrected chi connectivity index (χ0v) is 14.4. The van der Waals surface area contributed by atoms with Crippen molar-refractivity contribution in [3.05, 3.63) is 54.4 Å². The minimum absolute atomic E-state index is 0.112. The molecular formula is C19H21N5O. The molecule has 0 atom stereocenters. The summed E-state index contributed by atoms with van der Waals surface area (Å²) in [5, 5.41) is 12.4. The van der Waals surface area contributed by atoms with Gasteiger partial charge in [-0.05, 0) is 30.7 Å². The SMILES string of the molecule is CCCCN(C)C(=O)c1ccc(Nc2cccc3cccnc23)nn1. The predicted molar refractivity (Wildman–Crippen MR) is 98.9 cm³/mol. The third-order valence-corrected chi connectivity index (χ3v) is 3.97. The molecule has 1 amide bonds. The molecular weight excluding hydrogens is 314 g/mol. The third kappa shape index (κ3) is 3.91. The first-order valence-corrected chi connectivity index (χ1v) is 8.39. The minimum Gasteiger partial charge on any atom is -0.340 e. The van der Waals surface area contributed by atoms with Crippen molar-refractivity contribution in [3.8, 4) is 0 Å². The molecule has 2 heterocycles. The summed E-state index contributed by atoms with van der Waals surface area (Å²) in [6.07, 6.45) is 3.78. The first kappa shape index (κ1) is 16.8. The average molecular weight is 335 g/mol. The Kier molecular flexibility index (Phi) is 5.18. The minimum atomic E-state index is -0.112. The molecule has 0 bridgehead atoms. The number of fused-ring (bicyclic) bond motifs is 1. The Morgan fingerprint density at radius 3 is 2.72 bits per heavy atom. The molecule has 128 valence electrons. The lowest BCUT2D eigenvalue weighted by Crippen LogP contribution is -2.28. The molecule has 0 aliphatic carbocycles. The molecule has 0 saturated carbocycles. The van der Waals surface area contributed by atoms with E-state index in [1.807, 2.05) is 30.3 Å². The lowest BCUT2D eigenvalue weighted by atomic mass is 10.2. The van der Waals surface area contributed by atoms with Crippen molar-refractivity contribution < 1.29 is 4.79 Å². The van der Waals surface area contributed by atoms with E-state index in [0.717, 1.165) is 36.0 Å². The van der Waals surface area contributed by atoms with Crippen molar-refractivity contribution in [2.24, 2.45) is 0 Å². The zero-order chi connectivity index (χ0) is 17.6. The number of unbranched alkanes of at least 4 members (excludes halogenated alkanes) is 1. The predicted octanol–water partition coefficient (Wildman–Crippen LogP) is 3.64. The zero-order valence-electron chi connectivity index (χ0n) is 14.4. The van der Waals surface area contributed by atoms with Crippen LogP contribution in [0.4, 0.5) is 11.5 Å². The molecule has 2 aromatic heterocycles. The molecule has 0 spiro atoms. The number of aromatic nitrogens is 3. The van der Waals surface area contributed by atoms with Gasteiger partial charge in [0.15, 0.2) is 11.5 Å². The fourth-order valence-corrected chi connectivity index (χ4v) is 2.55. The monoisotopic (exact) mass is 335 g/mol. The second kappa shape index (κ2) is 7.70. The number of hydrogen-bond acceptors (Lipinski definition) is 5. The van der Waals surface area contributed by atoms with Gasteiger partial charge in [-0.15, -0.1) is 10.2 Å². The van der Waals surface area contributed by atoms with E-state index >= 15 is 0 Å². The van der Waals surface area contributed by atoms with Gasteiger partial charge in [0.05, 0.1) is 11.2 Å². The highest BCUT2D eigenvalue weighted by Crippen LogP contribution is 2.23. The number of carbonyl (C=O) groups excluding carboxylic acids is 1. The summed E-state index contributed by atoms with van der Waals surface area (Å²) in [6, 6.07) is 13.3. The number of nitrogens with zero attached hydrogens (tertiary/aromatic N) is 4. The summed E-state index contributed by atoms with van der Waals surface area (Å²) >= 11 is 0. The van der Waals surface area contributed by atoms with Gasteiger partial charge >= 0.3 is 0 Å². The van der Waals surface area contributed by atoms with Crippen molar-refractivity contribution >= 4 is 28.3 Å². The van der Waals surface area contributed by atoms with Crippen LogP contribution in [0.3, 0.4) is 0 Å². The molecule has 3 rings (SSSR count). The van der Waals surface area contributed by atoms with Crippen molar-refractivity contribution in [1.29, 1.82) is 0 Å². The van der Waals surface area contributed by atoms with Gasteiger partial charge in [0.25, 0.3) is 5.91 Å².